The summed E-state index contributed by atoms with van der Waals surface area (Å²) in [6.07, 6.45) is -0.414. The first-order chi connectivity index (χ1) is 6.66. The van der Waals surface area contributed by atoms with Crippen molar-refractivity contribution < 1.29 is 5.11 Å². The second-order valence-electron chi connectivity index (χ2n) is 3.35. The van der Waals surface area contributed by atoms with E-state index in [1.807, 2.05) is 30.3 Å². The van der Waals surface area contributed by atoms with Crippen molar-refractivity contribution in [3.05, 3.63) is 46.4 Å². The fourth-order valence-corrected chi connectivity index (χ4v) is 1.80. The molecular weight excluding hydrogens is 240 g/mol. The zero-order chi connectivity index (χ0) is 10.1. The van der Waals surface area contributed by atoms with E-state index in [1.54, 1.807) is 6.92 Å². The normalized spacial score (nSPS) is 13.1. The number of fused-ring (bicyclic) bond motifs is 1. The zero-order valence-electron chi connectivity index (χ0n) is 7.79. The van der Waals surface area contributed by atoms with Crippen LogP contribution < -0.4 is 0 Å². The van der Waals surface area contributed by atoms with Gasteiger partial charge in [-0.1, -0.05) is 28.1 Å². The Morgan fingerprint density at radius 1 is 1.29 bits per heavy atom. The lowest BCUT2D eigenvalue weighted by Gasteiger charge is -2.06. The topological polar surface area (TPSA) is 20.2 Å². The average molecular weight is 250 g/mol. The minimum Gasteiger partial charge on any atom is -0.389 e. The number of aliphatic hydroxyl groups excluding tert-OH is 1. The van der Waals surface area contributed by atoms with Gasteiger partial charge in [0.2, 0.25) is 0 Å². The molecule has 2 aromatic carbocycles. The van der Waals surface area contributed by atoms with Crippen LogP contribution >= 0.6 is 15.9 Å². The number of aliphatic hydroxyl groups is 1. The molecule has 0 saturated carbocycles. The smallest absolute Gasteiger partial charge is 0.0762 e. The quantitative estimate of drug-likeness (QED) is 0.821. The molecule has 2 aromatic rings. The Morgan fingerprint density at radius 3 is 2.79 bits per heavy atom. The third kappa shape index (κ3) is 1.81. The lowest BCUT2D eigenvalue weighted by atomic mass is 10.0. The van der Waals surface area contributed by atoms with Crippen molar-refractivity contribution in [2.45, 2.75) is 13.0 Å². The van der Waals surface area contributed by atoms with Gasteiger partial charge >= 0.3 is 0 Å². The standard InChI is InChI=1S/C12H10BrO/c1-8(14)9-2-3-11-7-12(13)5-4-10(11)6-9/h2-4,6-8,14H,1H3. The van der Waals surface area contributed by atoms with Crippen molar-refractivity contribution in [2.24, 2.45) is 0 Å². The van der Waals surface area contributed by atoms with Crippen LogP contribution in [0.4, 0.5) is 0 Å². The molecule has 1 atom stereocenters. The highest BCUT2D eigenvalue weighted by atomic mass is 79.9. The highest BCUT2D eigenvalue weighted by molar-refractivity contribution is 9.10. The monoisotopic (exact) mass is 249 g/mol. The molecule has 0 spiro atoms. The molecule has 1 N–H and O–H groups in total. The SMILES string of the molecule is CC(O)c1ccc2cc(Br)[c]cc2c1. The van der Waals surface area contributed by atoms with Crippen molar-refractivity contribution in [3.8, 4) is 0 Å². The van der Waals surface area contributed by atoms with E-state index >= 15 is 0 Å². The van der Waals surface area contributed by atoms with Gasteiger partial charge in [-0.2, -0.15) is 0 Å². The molecule has 1 unspecified atom stereocenters. The first-order valence-electron chi connectivity index (χ1n) is 4.46. The number of rotatable bonds is 1. The predicted octanol–water partition coefficient (Wildman–Crippen LogP) is 3.46. The zero-order valence-corrected chi connectivity index (χ0v) is 9.38. The van der Waals surface area contributed by atoms with Gasteiger partial charge in [0.05, 0.1) is 6.10 Å². The maximum Gasteiger partial charge on any atom is 0.0762 e. The molecule has 0 aliphatic heterocycles. The average Bonchev–Trinajstić information content (AvgIpc) is 2.16. The van der Waals surface area contributed by atoms with Gasteiger partial charge in [0.1, 0.15) is 0 Å². The Hall–Kier alpha value is -0.860. The Morgan fingerprint density at radius 2 is 2.07 bits per heavy atom. The maximum atomic E-state index is 9.42. The third-order valence-corrected chi connectivity index (χ3v) is 2.70. The first kappa shape index (κ1) is 9.69. The summed E-state index contributed by atoms with van der Waals surface area (Å²) in [5, 5.41) is 11.7. The van der Waals surface area contributed by atoms with Gasteiger partial charge in [-0.25, -0.2) is 0 Å². The molecule has 71 valence electrons. The molecule has 14 heavy (non-hydrogen) atoms. The summed E-state index contributed by atoms with van der Waals surface area (Å²) >= 11 is 3.37. The fraction of sp³-hybridized carbons (Fsp3) is 0.167. The van der Waals surface area contributed by atoms with E-state index in [2.05, 4.69) is 22.0 Å². The lowest BCUT2D eigenvalue weighted by molar-refractivity contribution is 0.199. The van der Waals surface area contributed by atoms with Gasteiger partial charge in [0.25, 0.3) is 0 Å². The molecule has 1 radical (unpaired) electrons. The number of halogens is 1. The van der Waals surface area contributed by atoms with E-state index < -0.39 is 6.10 Å². The molecule has 0 aromatic heterocycles. The van der Waals surface area contributed by atoms with Crippen LogP contribution in [0.2, 0.25) is 0 Å². The van der Waals surface area contributed by atoms with E-state index in [9.17, 15) is 5.11 Å². The minimum absolute atomic E-state index is 0.414. The van der Waals surface area contributed by atoms with Crippen molar-refractivity contribution in [1.29, 1.82) is 0 Å². The van der Waals surface area contributed by atoms with Crippen LogP contribution in [0, 0.1) is 6.07 Å². The summed E-state index contributed by atoms with van der Waals surface area (Å²) in [5.41, 5.74) is 0.938. The largest absolute Gasteiger partial charge is 0.389 e. The molecule has 0 aliphatic carbocycles. The van der Waals surface area contributed by atoms with Crippen molar-refractivity contribution >= 4 is 26.7 Å². The summed E-state index contributed by atoms with van der Waals surface area (Å²) < 4.78 is 0.954. The molecule has 0 bridgehead atoms. The van der Waals surface area contributed by atoms with E-state index in [-0.39, 0.29) is 0 Å². The van der Waals surface area contributed by atoms with E-state index in [0.717, 1.165) is 20.8 Å². The summed E-state index contributed by atoms with van der Waals surface area (Å²) in [5.74, 6) is 0. The molecule has 2 heteroatoms. The highest BCUT2D eigenvalue weighted by Crippen LogP contribution is 2.22. The Bertz CT molecular complexity index is 463. The molecule has 2 rings (SSSR count). The van der Waals surface area contributed by atoms with Gasteiger partial charge in [-0.15, -0.1) is 0 Å². The number of hydrogen-bond donors (Lipinski definition) is 1. The minimum atomic E-state index is -0.414. The molecular formula is C12H10BrO. The highest BCUT2D eigenvalue weighted by Gasteiger charge is 2.01. The van der Waals surface area contributed by atoms with Crippen molar-refractivity contribution in [3.63, 3.8) is 0 Å². The molecule has 0 heterocycles. The lowest BCUT2D eigenvalue weighted by Crippen LogP contribution is -1.89. The Kier molecular flexibility index (Phi) is 2.57. The van der Waals surface area contributed by atoms with Crippen LogP contribution in [0.3, 0.4) is 0 Å². The van der Waals surface area contributed by atoms with Crippen LogP contribution in [0.25, 0.3) is 10.8 Å². The van der Waals surface area contributed by atoms with Gasteiger partial charge in [-0.3, -0.25) is 0 Å². The van der Waals surface area contributed by atoms with Gasteiger partial charge in [0, 0.05) is 4.47 Å². The molecule has 0 amide bonds. The summed E-state index contributed by atoms with van der Waals surface area (Å²) in [7, 11) is 0. The van der Waals surface area contributed by atoms with Crippen molar-refractivity contribution in [1.82, 2.24) is 0 Å². The number of hydrogen-bond acceptors (Lipinski definition) is 1. The van der Waals surface area contributed by atoms with Crippen LogP contribution in [-0.2, 0) is 0 Å². The Labute approximate surface area is 91.5 Å². The van der Waals surface area contributed by atoms with Gasteiger partial charge in [0.15, 0.2) is 0 Å². The fourth-order valence-electron chi connectivity index (χ4n) is 1.43. The van der Waals surface area contributed by atoms with Crippen molar-refractivity contribution in [2.75, 3.05) is 0 Å². The number of benzene rings is 2. The van der Waals surface area contributed by atoms with Gasteiger partial charge < -0.3 is 5.11 Å². The van der Waals surface area contributed by atoms with Gasteiger partial charge in [-0.05, 0) is 47.5 Å². The molecule has 0 aliphatic rings. The summed E-state index contributed by atoms with van der Waals surface area (Å²) in [6.45, 7) is 1.77. The maximum absolute atomic E-state index is 9.42. The second kappa shape index (κ2) is 3.71. The van der Waals surface area contributed by atoms with Crippen LogP contribution in [-0.4, -0.2) is 5.11 Å². The summed E-state index contributed by atoms with van der Waals surface area (Å²) in [6, 6.07) is 13.0. The summed E-state index contributed by atoms with van der Waals surface area (Å²) in [4.78, 5) is 0. The van der Waals surface area contributed by atoms with E-state index in [4.69, 9.17) is 0 Å². The second-order valence-corrected chi connectivity index (χ2v) is 4.20. The van der Waals surface area contributed by atoms with Crippen LogP contribution in [0.1, 0.15) is 18.6 Å². The predicted molar refractivity (Wildman–Crippen MR) is 61.1 cm³/mol. The Balaban J connectivity index is 2.62. The third-order valence-electron chi connectivity index (χ3n) is 2.24. The van der Waals surface area contributed by atoms with E-state index in [1.165, 1.54) is 0 Å². The van der Waals surface area contributed by atoms with Crippen LogP contribution in [0.15, 0.2) is 34.8 Å². The van der Waals surface area contributed by atoms with Crippen LogP contribution in [0.5, 0.6) is 0 Å². The molecule has 0 fully saturated rings. The molecule has 0 saturated heterocycles. The first-order valence-corrected chi connectivity index (χ1v) is 5.25. The van der Waals surface area contributed by atoms with E-state index in [0.29, 0.717) is 0 Å². The molecule has 1 nitrogen and oxygen atoms in total.